The van der Waals surface area contributed by atoms with Crippen molar-refractivity contribution in [3.8, 4) is 22.5 Å². The van der Waals surface area contributed by atoms with Crippen LogP contribution >= 0.6 is 11.6 Å². The molecule has 0 N–H and O–H groups in total. The lowest BCUT2D eigenvalue weighted by Gasteiger charge is -2.01. The van der Waals surface area contributed by atoms with Crippen molar-refractivity contribution in [2.45, 2.75) is 13.5 Å². The maximum absolute atomic E-state index is 5.87. The van der Waals surface area contributed by atoms with Gasteiger partial charge in [0.25, 0.3) is 0 Å². The standard InChI is InChI=1S/C14H12ClN5/c1-2-20-9-11(12-5-7-17-14(15)18-12)13(19-20)10-4-3-6-16-8-10/h3-9H,2H2,1H3. The van der Waals surface area contributed by atoms with Gasteiger partial charge in [0, 0.05) is 42.5 Å². The van der Waals surface area contributed by atoms with Crippen LogP contribution in [0.4, 0.5) is 0 Å². The highest BCUT2D eigenvalue weighted by atomic mass is 35.5. The number of nitrogens with zero attached hydrogens (tertiary/aromatic N) is 5. The monoisotopic (exact) mass is 285 g/mol. The molecule has 0 aliphatic heterocycles. The predicted octanol–water partition coefficient (Wildman–Crippen LogP) is 3.08. The van der Waals surface area contributed by atoms with E-state index in [2.05, 4.69) is 20.1 Å². The molecule has 0 fully saturated rings. The smallest absolute Gasteiger partial charge is 0.222 e. The molecule has 3 rings (SSSR count). The van der Waals surface area contributed by atoms with E-state index < -0.39 is 0 Å². The summed E-state index contributed by atoms with van der Waals surface area (Å²) in [6.45, 7) is 2.82. The van der Waals surface area contributed by atoms with Gasteiger partial charge in [-0.05, 0) is 36.7 Å². The number of hydrogen-bond acceptors (Lipinski definition) is 4. The molecule has 0 unspecified atom stereocenters. The largest absolute Gasteiger partial charge is 0.272 e. The van der Waals surface area contributed by atoms with Gasteiger partial charge in [-0.2, -0.15) is 5.10 Å². The second kappa shape index (κ2) is 5.38. The molecular weight excluding hydrogens is 274 g/mol. The Labute approximate surface area is 121 Å². The molecule has 20 heavy (non-hydrogen) atoms. The zero-order valence-corrected chi connectivity index (χ0v) is 11.6. The fourth-order valence-corrected chi connectivity index (χ4v) is 2.12. The van der Waals surface area contributed by atoms with Gasteiger partial charge in [0.15, 0.2) is 0 Å². The van der Waals surface area contributed by atoms with Crippen molar-refractivity contribution in [1.82, 2.24) is 24.7 Å². The third-order valence-corrected chi connectivity index (χ3v) is 3.10. The number of pyridine rings is 1. The van der Waals surface area contributed by atoms with Crippen LogP contribution < -0.4 is 0 Å². The molecule has 5 nitrogen and oxygen atoms in total. The highest BCUT2D eigenvalue weighted by molar-refractivity contribution is 6.28. The normalized spacial score (nSPS) is 10.7. The fraction of sp³-hybridized carbons (Fsp3) is 0.143. The number of halogens is 1. The highest BCUT2D eigenvalue weighted by Crippen LogP contribution is 2.29. The highest BCUT2D eigenvalue weighted by Gasteiger charge is 2.14. The molecule has 0 atom stereocenters. The van der Waals surface area contributed by atoms with Gasteiger partial charge in [-0.1, -0.05) is 0 Å². The van der Waals surface area contributed by atoms with Crippen LogP contribution in [0.15, 0.2) is 43.0 Å². The summed E-state index contributed by atoms with van der Waals surface area (Å²) in [4.78, 5) is 12.3. The molecular formula is C14H12ClN5. The lowest BCUT2D eigenvalue weighted by molar-refractivity contribution is 0.662. The summed E-state index contributed by atoms with van der Waals surface area (Å²) in [5.74, 6) is 0. The quantitative estimate of drug-likeness (QED) is 0.694. The minimum absolute atomic E-state index is 0.226. The van der Waals surface area contributed by atoms with Crippen molar-refractivity contribution in [1.29, 1.82) is 0 Å². The van der Waals surface area contributed by atoms with Gasteiger partial charge in [-0.25, -0.2) is 9.97 Å². The van der Waals surface area contributed by atoms with Crippen molar-refractivity contribution >= 4 is 11.6 Å². The lowest BCUT2D eigenvalue weighted by Crippen LogP contribution is -1.93. The Hall–Kier alpha value is -2.27. The Morgan fingerprint density at radius 3 is 2.85 bits per heavy atom. The van der Waals surface area contributed by atoms with E-state index in [0.717, 1.165) is 29.1 Å². The summed E-state index contributed by atoms with van der Waals surface area (Å²) < 4.78 is 1.87. The Morgan fingerprint density at radius 2 is 2.15 bits per heavy atom. The molecule has 0 aliphatic carbocycles. The molecule has 0 saturated carbocycles. The molecule has 0 amide bonds. The minimum Gasteiger partial charge on any atom is -0.272 e. The summed E-state index contributed by atoms with van der Waals surface area (Å²) in [5, 5.41) is 4.80. The number of aryl methyl sites for hydroxylation is 1. The summed E-state index contributed by atoms with van der Waals surface area (Å²) in [5.41, 5.74) is 3.46. The molecule has 0 saturated heterocycles. The topological polar surface area (TPSA) is 56.5 Å². The van der Waals surface area contributed by atoms with E-state index >= 15 is 0 Å². The van der Waals surface area contributed by atoms with Crippen molar-refractivity contribution in [2.75, 3.05) is 0 Å². The van der Waals surface area contributed by atoms with Crippen molar-refractivity contribution in [3.05, 3.63) is 48.3 Å². The third-order valence-electron chi connectivity index (χ3n) is 2.92. The summed E-state index contributed by atoms with van der Waals surface area (Å²) in [6.07, 6.45) is 7.12. The van der Waals surface area contributed by atoms with Crippen LogP contribution in [0.25, 0.3) is 22.5 Å². The van der Waals surface area contributed by atoms with E-state index in [1.54, 1.807) is 18.6 Å². The molecule has 0 aromatic carbocycles. The fourth-order valence-electron chi connectivity index (χ4n) is 1.97. The number of aromatic nitrogens is 5. The number of rotatable bonds is 3. The maximum atomic E-state index is 5.87. The third kappa shape index (κ3) is 2.40. The molecule has 0 spiro atoms. The average molecular weight is 286 g/mol. The summed E-state index contributed by atoms with van der Waals surface area (Å²) in [7, 11) is 0. The maximum Gasteiger partial charge on any atom is 0.222 e. The van der Waals surface area contributed by atoms with E-state index in [9.17, 15) is 0 Å². The van der Waals surface area contributed by atoms with Crippen molar-refractivity contribution in [3.63, 3.8) is 0 Å². The van der Waals surface area contributed by atoms with Crippen LogP contribution in [0.3, 0.4) is 0 Å². The van der Waals surface area contributed by atoms with Gasteiger partial charge in [0.05, 0.1) is 5.69 Å². The molecule has 0 bridgehead atoms. The number of hydrogen-bond donors (Lipinski definition) is 0. The molecule has 100 valence electrons. The molecule has 0 radical (unpaired) electrons. The molecule has 3 aromatic heterocycles. The molecule has 3 heterocycles. The van der Waals surface area contributed by atoms with Crippen LogP contribution in [0.5, 0.6) is 0 Å². The van der Waals surface area contributed by atoms with Crippen LogP contribution in [0, 0.1) is 0 Å². The predicted molar refractivity (Wildman–Crippen MR) is 77.2 cm³/mol. The summed E-state index contributed by atoms with van der Waals surface area (Å²) >= 11 is 5.87. The Kier molecular flexibility index (Phi) is 3.43. The first-order chi connectivity index (χ1) is 9.78. The average Bonchev–Trinajstić information content (AvgIpc) is 2.92. The molecule has 0 aliphatic rings. The second-order valence-electron chi connectivity index (χ2n) is 4.20. The van der Waals surface area contributed by atoms with Gasteiger partial charge >= 0.3 is 0 Å². The van der Waals surface area contributed by atoms with Crippen LogP contribution in [0.1, 0.15) is 6.92 Å². The van der Waals surface area contributed by atoms with Gasteiger partial charge in [0.2, 0.25) is 5.28 Å². The van der Waals surface area contributed by atoms with Crippen molar-refractivity contribution < 1.29 is 0 Å². The first kappa shape index (κ1) is 12.7. The van der Waals surface area contributed by atoms with E-state index in [4.69, 9.17) is 11.6 Å². The van der Waals surface area contributed by atoms with Crippen LogP contribution in [-0.2, 0) is 6.54 Å². The molecule has 6 heteroatoms. The van der Waals surface area contributed by atoms with Gasteiger partial charge in [0.1, 0.15) is 5.69 Å². The second-order valence-corrected chi connectivity index (χ2v) is 4.54. The van der Waals surface area contributed by atoms with Gasteiger partial charge in [-0.15, -0.1) is 0 Å². The summed E-state index contributed by atoms with van der Waals surface area (Å²) in [6, 6.07) is 5.68. The van der Waals surface area contributed by atoms with Crippen LogP contribution in [0.2, 0.25) is 5.28 Å². The lowest BCUT2D eigenvalue weighted by atomic mass is 10.1. The van der Waals surface area contributed by atoms with Crippen LogP contribution in [-0.4, -0.2) is 24.7 Å². The zero-order chi connectivity index (χ0) is 13.9. The van der Waals surface area contributed by atoms with Crippen molar-refractivity contribution in [2.24, 2.45) is 0 Å². The van der Waals surface area contributed by atoms with Gasteiger partial charge < -0.3 is 0 Å². The minimum atomic E-state index is 0.226. The van der Waals surface area contributed by atoms with E-state index in [-0.39, 0.29) is 5.28 Å². The zero-order valence-electron chi connectivity index (χ0n) is 10.9. The first-order valence-electron chi connectivity index (χ1n) is 6.24. The SMILES string of the molecule is CCn1cc(-c2ccnc(Cl)n2)c(-c2cccnc2)n1. The van der Waals surface area contributed by atoms with Gasteiger partial charge in [-0.3, -0.25) is 9.67 Å². The first-order valence-corrected chi connectivity index (χ1v) is 6.62. The van der Waals surface area contributed by atoms with E-state index in [1.807, 2.05) is 36.0 Å². The van der Waals surface area contributed by atoms with E-state index in [0.29, 0.717) is 0 Å². The Bertz CT molecular complexity index is 723. The Balaban J connectivity index is 2.18. The van der Waals surface area contributed by atoms with E-state index in [1.165, 1.54) is 0 Å². The Morgan fingerprint density at radius 1 is 1.25 bits per heavy atom. The molecule has 3 aromatic rings.